The number of hydrogen-bond donors (Lipinski definition) is 3. The van der Waals surface area contributed by atoms with E-state index in [1.807, 2.05) is 0 Å². The van der Waals surface area contributed by atoms with Crippen LogP contribution in [0.15, 0.2) is 12.4 Å². The van der Waals surface area contributed by atoms with Gasteiger partial charge in [-0.1, -0.05) is 0 Å². The van der Waals surface area contributed by atoms with Gasteiger partial charge in [-0.2, -0.15) is 5.10 Å². The summed E-state index contributed by atoms with van der Waals surface area (Å²) < 4.78 is 30.5. The number of rotatable bonds is 8. The van der Waals surface area contributed by atoms with Gasteiger partial charge in [0.2, 0.25) is 0 Å². The van der Waals surface area contributed by atoms with Gasteiger partial charge in [-0.05, 0) is 12.8 Å². The van der Waals surface area contributed by atoms with Gasteiger partial charge in [-0.3, -0.25) is 4.68 Å². The van der Waals surface area contributed by atoms with Crippen LogP contribution in [-0.4, -0.2) is 77.7 Å². The highest BCUT2D eigenvalue weighted by molar-refractivity contribution is 5.89. The summed E-state index contributed by atoms with van der Waals surface area (Å²) in [6.07, 6.45) is 1.25. The monoisotopic (exact) mass is 361 g/mol. The van der Waals surface area contributed by atoms with Gasteiger partial charge >= 0.3 is 6.03 Å². The smallest absolute Gasteiger partial charge is 0.319 e. The fourth-order valence-corrected chi connectivity index (χ4v) is 2.82. The van der Waals surface area contributed by atoms with E-state index in [4.69, 9.17) is 4.74 Å². The Morgan fingerprint density at radius 1 is 1.44 bits per heavy atom. The Balaban J connectivity index is 1.69. The number of hydrogen-bond acceptors (Lipinski definition) is 5. The molecule has 25 heavy (non-hydrogen) atoms. The zero-order valence-corrected chi connectivity index (χ0v) is 14.2. The topological polar surface area (TPSA) is 91.7 Å². The van der Waals surface area contributed by atoms with Crippen molar-refractivity contribution in [3.8, 4) is 0 Å². The van der Waals surface area contributed by atoms with Gasteiger partial charge in [-0.25, -0.2) is 13.6 Å². The standard InChI is InChI=1S/C15H25F2N5O3/c1-25-10-13(23)8-21-4-2-11(3-5-21)19-15(24)20-12-6-18-22(7-12)9-14(16)17/h6-7,11,13-14,23H,2-5,8-10H2,1H3,(H2,19,20,24). The number of methoxy groups -OCH3 is 1. The summed E-state index contributed by atoms with van der Waals surface area (Å²) in [5, 5.41) is 19.0. The van der Waals surface area contributed by atoms with Crippen molar-refractivity contribution in [1.29, 1.82) is 0 Å². The molecule has 0 aromatic carbocycles. The second kappa shape index (κ2) is 9.64. The van der Waals surface area contributed by atoms with E-state index in [9.17, 15) is 18.7 Å². The van der Waals surface area contributed by atoms with Gasteiger partial charge in [0.1, 0.15) is 6.54 Å². The lowest BCUT2D eigenvalue weighted by Crippen LogP contribution is -2.47. The average molecular weight is 361 g/mol. The SMILES string of the molecule is COCC(O)CN1CCC(NC(=O)Nc2cnn(CC(F)F)c2)CC1. The predicted octanol–water partition coefficient (Wildman–Crippen LogP) is 0.741. The Kier molecular flexibility index (Phi) is 7.53. The number of carbonyl (C=O) groups excluding carboxylic acids is 1. The maximum atomic E-state index is 12.3. The van der Waals surface area contributed by atoms with E-state index in [2.05, 4.69) is 20.6 Å². The number of ether oxygens (including phenoxy) is 1. The number of amides is 2. The molecule has 1 aromatic heterocycles. The van der Waals surface area contributed by atoms with Crippen LogP contribution in [0, 0.1) is 0 Å². The molecular weight excluding hydrogens is 336 g/mol. The molecule has 2 heterocycles. The van der Waals surface area contributed by atoms with Crippen molar-refractivity contribution in [3.63, 3.8) is 0 Å². The molecule has 0 radical (unpaired) electrons. The molecule has 0 spiro atoms. The number of nitrogens with zero attached hydrogens (tertiary/aromatic N) is 3. The van der Waals surface area contributed by atoms with E-state index in [-0.39, 0.29) is 12.1 Å². The quantitative estimate of drug-likeness (QED) is 0.635. The lowest BCUT2D eigenvalue weighted by Gasteiger charge is -2.33. The Hall–Kier alpha value is -1.78. The van der Waals surface area contributed by atoms with Crippen molar-refractivity contribution < 1.29 is 23.4 Å². The van der Waals surface area contributed by atoms with Gasteiger partial charge in [0.15, 0.2) is 0 Å². The first-order chi connectivity index (χ1) is 12.0. The highest BCUT2D eigenvalue weighted by Crippen LogP contribution is 2.12. The lowest BCUT2D eigenvalue weighted by atomic mass is 10.0. The molecule has 142 valence electrons. The van der Waals surface area contributed by atoms with Gasteiger partial charge < -0.3 is 25.4 Å². The highest BCUT2D eigenvalue weighted by Gasteiger charge is 2.22. The van der Waals surface area contributed by atoms with Gasteiger partial charge in [0, 0.05) is 39.0 Å². The molecule has 8 nitrogen and oxygen atoms in total. The number of anilines is 1. The van der Waals surface area contributed by atoms with Crippen LogP contribution in [-0.2, 0) is 11.3 Å². The van der Waals surface area contributed by atoms with Crippen molar-refractivity contribution >= 4 is 11.7 Å². The fourth-order valence-electron chi connectivity index (χ4n) is 2.82. The summed E-state index contributed by atoms with van der Waals surface area (Å²) in [6.45, 7) is 1.91. The van der Waals surface area contributed by atoms with Crippen LogP contribution in [0.1, 0.15) is 12.8 Å². The van der Waals surface area contributed by atoms with Gasteiger partial charge in [0.25, 0.3) is 6.43 Å². The predicted molar refractivity (Wildman–Crippen MR) is 87.7 cm³/mol. The average Bonchev–Trinajstić information content (AvgIpc) is 2.95. The van der Waals surface area contributed by atoms with Crippen molar-refractivity contribution in [3.05, 3.63) is 12.4 Å². The van der Waals surface area contributed by atoms with Crippen LogP contribution < -0.4 is 10.6 Å². The summed E-state index contributed by atoms with van der Waals surface area (Å²) >= 11 is 0. The Bertz CT molecular complexity index is 535. The van der Waals surface area contributed by atoms with Crippen molar-refractivity contribution in [2.75, 3.05) is 38.7 Å². The number of aliphatic hydroxyl groups is 1. The Morgan fingerprint density at radius 2 is 2.16 bits per heavy atom. The molecule has 0 bridgehead atoms. The van der Waals surface area contributed by atoms with E-state index < -0.39 is 19.1 Å². The molecular formula is C15H25F2N5O3. The molecule has 1 fully saturated rings. The second-order valence-electron chi connectivity index (χ2n) is 6.12. The molecule has 1 aromatic rings. The summed E-state index contributed by atoms with van der Waals surface area (Å²) in [4.78, 5) is 14.1. The number of halogens is 2. The first kappa shape index (κ1) is 19.5. The number of aromatic nitrogens is 2. The van der Waals surface area contributed by atoms with Crippen LogP contribution in [0.4, 0.5) is 19.3 Å². The van der Waals surface area contributed by atoms with Crippen molar-refractivity contribution in [1.82, 2.24) is 20.0 Å². The third-order valence-electron chi connectivity index (χ3n) is 3.97. The van der Waals surface area contributed by atoms with Crippen LogP contribution in [0.2, 0.25) is 0 Å². The second-order valence-corrected chi connectivity index (χ2v) is 6.12. The largest absolute Gasteiger partial charge is 0.389 e. The molecule has 1 aliphatic heterocycles. The number of aliphatic hydroxyl groups excluding tert-OH is 1. The molecule has 3 N–H and O–H groups in total. The van der Waals surface area contributed by atoms with E-state index >= 15 is 0 Å². The summed E-state index contributed by atoms with van der Waals surface area (Å²) in [5.41, 5.74) is 0.373. The molecule has 2 rings (SSSR count). The van der Waals surface area contributed by atoms with E-state index in [0.717, 1.165) is 30.6 Å². The van der Waals surface area contributed by atoms with Crippen LogP contribution >= 0.6 is 0 Å². The molecule has 1 saturated heterocycles. The third-order valence-corrected chi connectivity index (χ3v) is 3.97. The normalized spacial score (nSPS) is 17.6. The molecule has 0 saturated carbocycles. The molecule has 2 amide bonds. The molecule has 0 aliphatic carbocycles. The minimum atomic E-state index is -2.49. The minimum absolute atomic E-state index is 0.0342. The van der Waals surface area contributed by atoms with E-state index in [0.29, 0.717) is 18.8 Å². The zero-order chi connectivity index (χ0) is 18.2. The van der Waals surface area contributed by atoms with Crippen LogP contribution in [0.5, 0.6) is 0 Å². The van der Waals surface area contributed by atoms with Gasteiger partial charge in [0.05, 0.1) is 24.6 Å². The van der Waals surface area contributed by atoms with E-state index in [1.165, 1.54) is 12.4 Å². The summed E-state index contributed by atoms with van der Waals surface area (Å²) in [5.74, 6) is 0. The first-order valence-electron chi connectivity index (χ1n) is 8.23. The zero-order valence-electron chi connectivity index (χ0n) is 14.2. The molecule has 1 atom stereocenters. The maximum absolute atomic E-state index is 12.3. The number of carbonyl (C=O) groups is 1. The Labute approximate surface area is 145 Å². The first-order valence-corrected chi connectivity index (χ1v) is 8.23. The fraction of sp³-hybridized carbons (Fsp3) is 0.733. The molecule has 1 aliphatic rings. The maximum Gasteiger partial charge on any atom is 0.319 e. The minimum Gasteiger partial charge on any atom is -0.389 e. The number of β-amino-alcohol motifs (C(OH)–C–C–N with tert-alkyl or cyclic N) is 1. The number of urea groups is 1. The summed E-state index contributed by atoms with van der Waals surface area (Å²) in [6, 6.07) is -0.346. The summed E-state index contributed by atoms with van der Waals surface area (Å²) in [7, 11) is 1.55. The van der Waals surface area contributed by atoms with E-state index in [1.54, 1.807) is 7.11 Å². The van der Waals surface area contributed by atoms with Gasteiger partial charge in [-0.15, -0.1) is 0 Å². The van der Waals surface area contributed by atoms with Crippen molar-refractivity contribution in [2.45, 2.75) is 38.0 Å². The lowest BCUT2D eigenvalue weighted by molar-refractivity contribution is 0.0315. The molecule has 1 unspecified atom stereocenters. The number of likely N-dealkylation sites (tertiary alicyclic amines) is 1. The van der Waals surface area contributed by atoms with Crippen LogP contribution in [0.25, 0.3) is 0 Å². The van der Waals surface area contributed by atoms with Crippen molar-refractivity contribution in [2.24, 2.45) is 0 Å². The molecule has 10 heteroatoms. The number of piperidine rings is 1. The Morgan fingerprint density at radius 3 is 2.80 bits per heavy atom. The third kappa shape index (κ3) is 6.92. The number of nitrogens with one attached hydrogen (secondary N) is 2. The van der Waals surface area contributed by atoms with Crippen LogP contribution in [0.3, 0.4) is 0 Å². The number of alkyl halides is 2. The highest BCUT2D eigenvalue weighted by atomic mass is 19.3.